The van der Waals surface area contributed by atoms with Crippen molar-refractivity contribution in [3.63, 3.8) is 0 Å². The Bertz CT molecular complexity index is 525. The number of rotatable bonds is 3. The largest absolute Gasteiger partial charge is 0.480 e. The molecule has 1 unspecified atom stereocenters. The molecule has 4 nitrogen and oxygen atoms in total. The number of halogens is 3. The van der Waals surface area contributed by atoms with Gasteiger partial charge in [-0.1, -0.05) is 18.2 Å². The first-order valence-electron chi connectivity index (χ1n) is 5.44. The molecule has 0 aromatic heterocycles. The summed E-state index contributed by atoms with van der Waals surface area (Å²) in [5, 5.41) is 8.71. The first-order valence-corrected chi connectivity index (χ1v) is 5.44. The van der Waals surface area contributed by atoms with E-state index in [2.05, 4.69) is 4.99 Å². The molecule has 7 heteroatoms. The summed E-state index contributed by atoms with van der Waals surface area (Å²) in [5.74, 6) is -0.967. The molecule has 0 spiro atoms. The lowest BCUT2D eigenvalue weighted by Gasteiger charge is -2.08. The third-order valence-electron chi connectivity index (χ3n) is 2.60. The van der Waals surface area contributed by atoms with E-state index in [0.717, 1.165) is 12.1 Å². The van der Waals surface area contributed by atoms with Gasteiger partial charge >= 0.3 is 12.1 Å². The number of ether oxygens (including phenoxy) is 1. The molecule has 1 aromatic rings. The summed E-state index contributed by atoms with van der Waals surface area (Å²) in [7, 11) is 0. The van der Waals surface area contributed by atoms with E-state index in [-0.39, 0.29) is 18.9 Å². The van der Waals surface area contributed by atoms with Gasteiger partial charge in [-0.3, -0.25) is 0 Å². The van der Waals surface area contributed by atoms with Gasteiger partial charge in [0, 0.05) is 6.42 Å². The van der Waals surface area contributed by atoms with Crippen molar-refractivity contribution >= 4 is 11.9 Å². The van der Waals surface area contributed by atoms with Crippen LogP contribution in [-0.2, 0) is 22.1 Å². The van der Waals surface area contributed by atoms with E-state index >= 15 is 0 Å². The van der Waals surface area contributed by atoms with Crippen molar-refractivity contribution in [1.29, 1.82) is 0 Å². The van der Waals surface area contributed by atoms with Crippen LogP contribution in [0.25, 0.3) is 0 Å². The standard InChI is InChI=1S/C12H10F3NO3/c13-12(14,15)8-3-1-2-7(4-8)5-10-16-9(6-19-10)11(17)18/h1-4,9H,5-6H2,(H,17,18). The fourth-order valence-corrected chi connectivity index (χ4v) is 1.68. The van der Waals surface area contributed by atoms with Gasteiger partial charge in [-0.2, -0.15) is 13.2 Å². The van der Waals surface area contributed by atoms with E-state index in [4.69, 9.17) is 9.84 Å². The SMILES string of the molecule is O=C(O)C1COC(Cc2cccc(C(F)(F)F)c2)=N1. The van der Waals surface area contributed by atoms with Crippen LogP contribution in [0.1, 0.15) is 11.1 Å². The van der Waals surface area contributed by atoms with Gasteiger partial charge in [-0.05, 0) is 11.6 Å². The van der Waals surface area contributed by atoms with Crippen LogP contribution in [0.2, 0.25) is 0 Å². The quantitative estimate of drug-likeness (QED) is 0.917. The number of aliphatic imine (C=N–C) groups is 1. The summed E-state index contributed by atoms with van der Waals surface area (Å²) in [6.07, 6.45) is -4.36. The molecule has 0 radical (unpaired) electrons. The summed E-state index contributed by atoms with van der Waals surface area (Å²) in [4.78, 5) is 14.4. The van der Waals surface area contributed by atoms with Crippen LogP contribution in [-0.4, -0.2) is 29.6 Å². The maximum Gasteiger partial charge on any atom is 0.416 e. The summed E-state index contributed by atoms with van der Waals surface area (Å²) < 4.78 is 42.6. The zero-order valence-electron chi connectivity index (χ0n) is 9.65. The fraction of sp³-hybridized carbons (Fsp3) is 0.333. The van der Waals surface area contributed by atoms with Crippen molar-refractivity contribution in [2.75, 3.05) is 6.61 Å². The number of carboxylic acid groups (broad SMARTS) is 1. The summed E-state index contributed by atoms with van der Waals surface area (Å²) in [6.45, 7) is -0.0797. The number of benzene rings is 1. The van der Waals surface area contributed by atoms with Crippen LogP contribution in [0.3, 0.4) is 0 Å². The van der Waals surface area contributed by atoms with Gasteiger partial charge in [0.25, 0.3) is 0 Å². The van der Waals surface area contributed by atoms with Crippen molar-refractivity contribution in [2.45, 2.75) is 18.6 Å². The lowest BCUT2D eigenvalue weighted by molar-refractivity contribution is -0.139. The van der Waals surface area contributed by atoms with Gasteiger partial charge in [0.05, 0.1) is 5.56 Å². The molecule has 0 saturated carbocycles. The van der Waals surface area contributed by atoms with Gasteiger partial charge in [0.1, 0.15) is 6.61 Å². The molecule has 1 heterocycles. The molecule has 19 heavy (non-hydrogen) atoms. The second kappa shape index (κ2) is 4.91. The fourth-order valence-electron chi connectivity index (χ4n) is 1.68. The highest BCUT2D eigenvalue weighted by molar-refractivity contribution is 5.86. The van der Waals surface area contributed by atoms with Gasteiger partial charge < -0.3 is 9.84 Å². The molecule has 102 valence electrons. The van der Waals surface area contributed by atoms with Crippen LogP contribution in [0, 0.1) is 0 Å². The van der Waals surface area contributed by atoms with E-state index in [9.17, 15) is 18.0 Å². The zero-order valence-corrected chi connectivity index (χ0v) is 9.65. The van der Waals surface area contributed by atoms with Crippen molar-refractivity contribution in [2.24, 2.45) is 4.99 Å². The van der Waals surface area contributed by atoms with Crippen LogP contribution < -0.4 is 0 Å². The third kappa shape index (κ3) is 3.24. The molecule has 0 bridgehead atoms. The average molecular weight is 273 g/mol. The molecule has 0 aliphatic carbocycles. The first-order chi connectivity index (χ1) is 8.86. The number of nitrogens with zero attached hydrogens (tertiary/aromatic N) is 1. The minimum Gasteiger partial charge on any atom is -0.480 e. The van der Waals surface area contributed by atoms with Crippen LogP contribution in [0.4, 0.5) is 13.2 Å². The Labute approximate surface area is 106 Å². The van der Waals surface area contributed by atoms with E-state index < -0.39 is 23.8 Å². The van der Waals surface area contributed by atoms with E-state index in [1.54, 1.807) is 0 Å². The normalized spacial score (nSPS) is 18.9. The Morgan fingerprint density at radius 1 is 1.47 bits per heavy atom. The Morgan fingerprint density at radius 2 is 2.21 bits per heavy atom. The van der Waals surface area contributed by atoms with Crippen molar-refractivity contribution < 1.29 is 27.8 Å². The maximum absolute atomic E-state index is 12.5. The van der Waals surface area contributed by atoms with Crippen LogP contribution in [0.15, 0.2) is 29.3 Å². The molecular formula is C12H10F3NO3. The van der Waals surface area contributed by atoms with Crippen molar-refractivity contribution in [3.8, 4) is 0 Å². The smallest absolute Gasteiger partial charge is 0.416 e. The number of hydrogen-bond donors (Lipinski definition) is 1. The molecule has 1 N–H and O–H groups in total. The predicted octanol–water partition coefficient (Wildman–Crippen LogP) is 2.13. The van der Waals surface area contributed by atoms with Gasteiger partial charge in [-0.15, -0.1) is 0 Å². The maximum atomic E-state index is 12.5. The predicted molar refractivity (Wildman–Crippen MR) is 60.0 cm³/mol. The van der Waals surface area contributed by atoms with Crippen LogP contribution in [0.5, 0.6) is 0 Å². The Balaban J connectivity index is 2.12. The third-order valence-corrected chi connectivity index (χ3v) is 2.60. The lowest BCUT2D eigenvalue weighted by atomic mass is 10.1. The molecule has 2 rings (SSSR count). The Morgan fingerprint density at radius 3 is 2.79 bits per heavy atom. The number of carboxylic acids is 1. The summed E-state index contributed by atoms with van der Waals surface area (Å²) >= 11 is 0. The van der Waals surface area contributed by atoms with Crippen molar-refractivity contribution in [1.82, 2.24) is 0 Å². The molecule has 1 aliphatic heterocycles. The van der Waals surface area contributed by atoms with E-state index in [1.807, 2.05) is 0 Å². The van der Waals surface area contributed by atoms with Crippen LogP contribution >= 0.6 is 0 Å². The number of alkyl halides is 3. The molecule has 1 atom stereocenters. The number of aliphatic carboxylic acids is 1. The Kier molecular flexibility index (Phi) is 3.46. The number of hydrogen-bond acceptors (Lipinski definition) is 3. The minimum atomic E-state index is -4.40. The monoisotopic (exact) mass is 273 g/mol. The minimum absolute atomic E-state index is 0.0493. The second-order valence-electron chi connectivity index (χ2n) is 4.06. The van der Waals surface area contributed by atoms with E-state index in [0.29, 0.717) is 5.56 Å². The summed E-state index contributed by atoms with van der Waals surface area (Å²) in [5.41, 5.74) is -0.377. The molecule has 0 saturated heterocycles. The van der Waals surface area contributed by atoms with Crippen molar-refractivity contribution in [3.05, 3.63) is 35.4 Å². The highest BCUT2D eigenvalue weighted by atomic mass is 19.4. The Hall–Kier alpha value is -2.05. The molecular weight excluding hydrogens is 263 g/mol. The highest BCUT2D eigenvalue weighted by Gasteiger charge is 2.31. The van der Waals surface area contributed by atoms with Gasteiger partial charge in [0.15, 0.2) is 11.9 Å². The first kappa shape index (κ1) is 13.4. The molecule has 0 fully saturated rings. The summed E-state index contributed by atoms with van der Waals surface area (Å²) in [6, 6.07) is 3.80. The molecule has 1 aliphatic rings. The second-order valence-corrected chi connectivity index (χ2v) is 4.06. The molecule has 0 amide bonds. The molecule has 1 aromatic carbocycles. The lowest BCUT2D eigenvalue weighted by Crippen LogP contribution is -2.18. The van der Waals surface area contributed by atoms with E-state index in [1.165, 1.54) is 12.1 Å². The highest BCUT2D eigenvalue weighted by Crippen LogP contribution is 2.29. The van der Waals surface area contributed by atoms with Gasteiger partial charge in [-0.25, -0.2) is 9.79 Å². The van der Waals surface area contributed by atoms with Gasteiger partial charge in [0.2, 0.25) is 0 Å². The number of carbonyl (C=O) groups is 1. The average Bonchev–Trinajstić information content (AvgIpc) is 2.77. The zero-order chi connectivity index (χ0) is 14.0. The topological polar surface area (TPSA) is 58.9 Å².